The Bertz CT molecular complexity index is 453. The second-order valence-electron chi connectivity index (χ2n) is 5.16. The summed E-state index contributed by atoms with van der Waals surface area (Å²) in [5.41, 5.74) is 0.0165. The first kappa shape index (κ1) is 11.7. The molecule has 2 rings (SSSR count). The van der Waals surface area contributed by atoms with E-state index in [4.69, 9.17) is 14.7 Å². The van der Waals surface area contributed by atoms with Crippen LogP contribution in [0.15, 0.2) is 12.3 Å². The second-order valence-corrected chi connectivity index (χ2v) is 5.16. The minimum atomic E-state index is -0.324. The molecule has 0 aliphatic heterocycles. The van der Waals surface area contributed by atoms with Crippen LogP contribution in [0.5, 0.6) is 11.5 Å². The molecule has 1 fully saturated rings. The molecule has 0 aromatic carbocycles. The molecule has 1 aliphatic carbocycles. The monoisotopic (exact) mass is 232 g/mol. The molecule has 4 nitrogen and oxygen atoms in total. The van der Waals surface area contributed by atoms with E-state index in [-0.39, 0.29) is 11.7 Å². The van der Waals surface area contributed by atoms with Gasteiger partial charge in [-0.3, -0.25) is 0 Å². The molecule has 17 heavy (non-hydrogen) atoms. The minimum absolute atomic E-state index is 0.284. The van der Waals surface area contributed by atoms with Crippen LogP contribution < -0.4 is 9.47 Å². The molecule has 1 heterocycles. The number of aromatic nitrogens is 1. The van der Waals surface area contributed by atoms with Crippen LogP contribution in [0.1, 0.15) is 39.3 Å². The number of pyridine rings is 1. The fourth-order valence-corrected chi connectivity index (χ4v) is 1.35. The minimum Gasteiger partial charge on any atom is -0.485 e. The van der Waals surface area contributed by atoms with Crippen LogP contribution in [-0.2, 0) is 0 Å². The molecule has 0 bridgehead atoms. The Morgan fingerprint density at radius 1 is 1.35 bits per heavy atom. The highest BCUT2D eigenvalue weighted by molar-refractivity contribution is 5.42. The first-order valence-electron chi connectivity index (χ1n) is 5.74. The molecule has 0 saturated heterocycles. The van der Waals surface area contributed by atoms with Crippen molar-refractivity contribution >= 4 is 0 Å². The molecule has 1 aliphatic rings. The lowest BCUT2D eigenvalue weighted by molar-refractivity contribution is 0.122. The van der Waals surface area contributed by atoms with Crippen LogP contribution >= 0.6 is 0 Å². The standard InChI is InChI=1S/C13H16N2O2/c1-13(2,3)17-11-6-9(7-14)15-8-12(11)16-10-4-5-10/h6,8,10H,4-5H2,1-3H3. The van der Waals surface area contributed by atoms with Crippen molar-refractivity contribution in [3.8, 4) is 17.6 Å². The largest absolute Gasteiger partial charge is 0.485 e. The van der Waals surface area contributed by atoms with Gasteiger partial charge in [-0.1, -0.05) is 0 Å². The predicted octanol–water partition coefficient (Wildman–Crippen LogP) is 2.67. The molecule has 0 atom stereocenters. The Labute approximate surface area is 101 Å². The molecule has 1 aromatic heterocycles. The summed E-state index contributed by atoms with van der Waals surface area (Å²) in [5.74, 6) is 1.22. The van der Waals surface area contributed by atoms with Crippen molar-refractivity contribution in [2.45, 2.75) is 45.3 Å². The van der Waals surface area contributed by atoms with E-state index >= 15 is 0 Å². The van der Waals surface area contributed by atoms with E-state index in [1.54, 1.807) is 12.3 Å². The summed E-state index contributed by atoms with van der Waals surface area (Å²) in [6.45, 7) is 5.88. The maximum Gasteiger partial charge on any atom is 0.179 e. The van der Waals surface area contributed by atoms with Gasteiger partial charge in [-0.05, 0) is 33.6 Å². The summed E-state index contributed by atoms with van der Waals surface area (Å²) in [6, 6.07) is 3.63. The zero-order chi connectivity index (χ0) is 12.5. The molecule has 1 saturated carbocycles. The molecule has 0 amide bonds. The van der Waals surface area contributed by atoms with Crippen molar-refractivity contribution in [1.29, 1.82) is 5.26 Å². The fraction of sp³-hybridized carbons (Fsp3) is 0.538. The third kappa shape index (κ3) is 3.35. The van der Waals surface area contributed by atoms with Crippen LogP contribution in [0, 0.1) is 11.3 Å². The SMILES string of the molecule is CC(C)(C)Oc1cc(C#N)ncc1OC1CC1. The van der Waals surface area contributed by atoms with Gasteiger partial charge in [0.2, 0.25) is 0 Å². The van der Waals surface area contributed by atoms with E-state index in [9.17, 15) is 0 Å². The number of hydrogen-bond acceptors (Lipinski definition) is 4. The molecular formula is C13H16N2O2. The Hall–Kier alpha value is -1.76. The zero-order valence-corrected chi connectivity index (χ0v) is 10.4. The molecular weight excluding hydrogens is 216 g/mol. The highest BCUT2D eigenvalue weighted by Crippen LogP contribution is 2.35. The van der Waals surface area contributed by atoms with Crippen LogP contribution in [0.4, 0.5) is 0 Å². The van der Waals surface area contributed by atoms with Crippen molar-refractivity contribution in [3.05, 3.63) is 18.0 Å². The molecule has 4 heteroatoms. The number of nitrogens with zero attached hydrogens (tertiary/aromatic N) is 2. The summed E-state index contributed by atoms with van der Waals surface area (Å²) in [6.07, 6.45) is 4.01. The highest BCUT2D eigenvalue weighted by atomic mass is 16.5. The van der Waals surface area contributed by atoms with Gasteiger partial charge < -0.3 is 9.47 Å². The van der Waals surface area contributed by atoms with Gasteiger partial charge in [-0.15, -0.1) is 0 Å². The van der Waals surface area contributed by atoms with E-state index in [0.29, 0.717) is 17.2 Å². The first-order chi connectivity index (χ1) is 7.98. The lowest BCUT2D eigenvalue weighted by Crippen LogP contribution is -2.23. The lowest BCUT2D eigenvalue weighted by Gasteiger charge is -2.23. The number of hydrogen-bond donors (Lipinski definition) is 0. The van der Waals surface area contributed by atoms with Crippen molar-refractivity contribution in [3.63, 3.8) is 0 Å². The molecule has 0 spiro atoms. The van der Waals surface area contributed by atoms with Crippen molar-refractivity contribution in [1.82, 2.24) is 4.98 Å². The summed E-state index contributed by atoms with van der Waals surface area (Å²) >= 11 is 0. The quantitative estimate of drug-likeness (QED) is 0.804. The van der Waals surface area contributed by atoms with E-state index in [0.717, 1.165) is 12.8 Å². The maximum atomic E-state index is 8.84. The third-order valence-corrected chi connectivity index (χ3v) is 2.18. The van der Waals surface area contributed by atoms with Crippen LogP contribution in [0.2, 0.25) is 0 Å². The van der Waals surface area contributed by atoms with E-state index in [1.807, 2.05) is 26.8 Å². The molecule has 1 aromatic rings. The molecule has 90 valence electrons. The summed E-state index contributed by atoms with van der Waals surface area (Å²) < 4.78 is 11.5. The third-order valence-electron chi connectivity index (χ3n) is 2.18. The Balaban J connectivity index is 2.26. The van der Waals surface area contributed by atoms with Crippen LogP contribution in [-0.4, -0.2) is 16.7 Å². The average Bonchev–Trinajstić information content (AvgIpc) is 3.02. The molecule has 0 N–H and O–H groups in total. The molecule has 0 unspecified atom stereocenters. The van der Waals surface area contributed by atoms with E-state index in [1.165, 1.54) is 0 Å². The van der Waals surface area contributed by atoms with Gasteiger partial charge in [0, 0.05) is 6.07 Å². The van der Waals surface area contributed by atoms with Gasteiger partial charge in [0.25, 0.3) is 0 Å². The topological polar surface area (TPSA) is 55.1 Å². The average molecular weight is 232 g/mol. The van der Waals surface area contributed by atoms with Crippen LogP contribution in [0.3, 0.4) is 0 Å². The number of rotatable bonds is 3. The summed E-state index contributed by atoms with van der Waals surface area (Å²) in [5, 5.41) is 8.84. The van der Waals surface area contributed by atoms with Gasteiger partial charge in [0.15, 0.2) is 11.5 Å². The Morgan fingerprint density at radius 2 is 2.06 bits per heavy atom. The van der Waals surface area contributed by atoms with E-state index in [2.05, 4.69) is 4.98 Å². The van der Waals surface area contributed by atoms with Gasteiger partial charge in [-0.2, -0.15) is 5.26 Å². The number of nitriles is 1. The Morgan fingerprint density at radius 3 is 2.59 bits per heavy atom. The number of ether oxygens (including phenoxy) is 2. The smallest absolute Gasteiger partial charge is 0.179 e. The van der Waals surface area contributed by atoms with Gasteiger partial charge in [0.05, 0.1) is 12.3 Å². The summed E-state index contributed by atoms with van der Waals surface area (Å²) in [7, 11) is 0. The molecule has 0 radical (unpaired) electrons. The summed E-state index contributed by atoms with van der Waals surface area (Å²) in [4.78, 5) is 4.00. The van der Waals surface area contributed by atoms with Gasteiger partial charge in [0.1, 0.15) is 17.4 Å². The first-order valence-corrected chi connectivity index (χ1v) is 5.74. The second kappa shape index (κ2) is 4.25. The normalized spacial score (nSPS) is 15.2. The predicted molar refractivity (Wildman–Crippen MR) is 63.0 cm³/mol. The van der Waals surface area contributed by atoms with Gasteiger partial charge in [-0.25, -0.2) is 4.98 Å². The van der Waals surface area contributed by atoms with E-state index < -0.39 is 0 Å². The lowest BCUT2D eigenvalue weighted by atomic mass is 10.2. The van der Waals surface area contributed by atoms with Crippen molar-refractivity contribution in [2.24, 2.45) is 0 Å². The maximum absolute atomic E-state index is 8.84. The highest BCUT2D eigenvalue weighted by Gasteiger charge is 2.26. The van der Waals surface area contributed by atoms with Crippen molar-refractivity contribution in [2.75, 3.05) is 0 Å². The van der Waals surface area contributed by atoms with Crippen LogP contribution in [0.25, 0.3) is 0 Å². The Kier molecular flexibility index (Phi) is 2.93. The fourth-order valence-electron chi connectivity index (χ4n) is 1.35. The van der Waals surface area contributed by atoms with Crippen molar-refractivity contribution < 1.29 is 9.47 Å². The zero-order valence-electron chi connectivity index (χ0n) is 10.4. The van der Waals surface area contributed by atoms with Gasteiger partial charge >= 0.3 is 0 Å².